The minimum Gasteiger partial charge on any atom is -0.454 e. The highest BCUT2D eigenvalue weighted by molar-refractivity contribution is 5.75. The standard InChI is InChI=1S/C18H17F2N3O5/c1-10(11-2-3-13-14(6-11)27-9-26-13)21-15-4-5-23(17(25)22-15)16-18(19,20)7-12(8-24)28-16/h2-6,12,16,24H,1,7-9H2,(H,21,22,25)/t12-,16?/m0/s1. The fraction of sp³-hybridized carbons (Fsp3) is 0.333. The third-order valence-electron chi connectivity index (χ3n) is 4.47. The Morgan fingerprint density at radius 2 is 2.14 bits per heavy atom. The van der Waals surface area contributed by atoms with Gasteiger partial charge >= 0.3 is 5.69 Å². The first kappa shape index (κ1) is 18.4. The van der Waals surface area contributed by atoms with E-state index in [0.717, 1.165) is 0 Å². The van der Waals surface area contributed by atoms with Gasteiger partial charge in [0.2, 0.25) is 13.0 Å². The second-order valence-electron chi connectivity index (χ2n) is 6.43. The predicted octanol–water partition coefficient (Wildman–Crippen LogP) is 1.97. The van der Waals surface area contributed by atoms with Crippen LogP contribution in [-0.2, 0) is 4.74 Å². The van der Waals surface area contributed by atoms with Crippen molar-refractivity contribution in [1.29, 1.82) is 0 Å². The molecule has 1 saturated heterocycles. The largest absolute Gasteiger partial charge is 0.454 e. The Balaban J connectivity index is 1.52. The van der Waals surface area contributed by atoms with Crippen LogP contribution in [0.4, 0.5) is 14.6 Å². The van der Waals surface area contributed by atoms with E-state index in [1.165, 1.54) is 12.3 Å². The molecule has 0 radical (unpaired) electrons. The van der Waals surface area contributed by atoms with Gasteiger partial charge in [-0.2, -0.15) is 4.98 Å². The second-order valence-corrected chi connectivity index (χ2v) is 6.43. The molecule has 2 aliphatic rings. The summed E-state index contributed by atoms with van der Waals surface area (Å²) < 4.78 is 44.5. The summed E-state index contributed by atoms with van der Waals surface area (Å²) in [5, 5.41) is 11.9. The van der Waals surface area contributed by atoms with Crippen LogP contribution in [0.25, 0.3) is 5.70 Å². The van der Waals surface area contributed by atoms with Crippen LogP contribution in [0.1, 0.15) is 18.2 Å². The lowest BCUT2D eigenvalue weighted by atomic mass is 10.1. The number of anilines is 1. The van der Waals surface area contributed by atoms with Crippen molar-refractivity contribution in [2.75, 3.05) is 18.7 Å². The molecule has 0 saturated carbocycles. The van der Waals surface area contributed by atoms with E-state index in [4.69, 9.17) is 19.3 Å². The number of hydrogen-bond donors (Lipinski definition) is 2. The first-order chi connectivity index (χ1) is 13.4. The van der Waals surface area contributed by atoms with Gasteiger partial charge in [0.1, 0.15) is 5.82 Å². The fourth-order valence-electron chi connectivity index (χ4n) is 3.08. The molecule has 0 aliphatic carbocycles. The van der Waals surface area contributed by atoms with E-state index in [9.17, 15) is 13.6 Å². The van der Waals surface area contributed by atoms with E-state index < -0.39 is 37.0 Å². The van der Waals surface area contributed by atoms with Crippen LogP contribution in [-0.4, -0.2) is 40.1 Å². The summed E-state index contributed by atoms with van der Waals surface area (Å²) in [6, 6.07) is 6.57. The van der Waals surface area contributed by atoms with Crippen molar-refractivity contribution < 1.29 is 28.1 Å². The molecule has 1 fully saturated rings. The highest BCUT2D eigenvalue weighted by Crippen LogP contribution is 2.41. The van der Waals surface area contributed by atoms with Crippen molar-refractivity contribution in [3.63, 3.8) is 0 Å². The van der Waals surface area contributed by atoms with E-state index in [2.05, 4.69) is 16.9 Å². The molecule has 28 heavy (non-hydrogen) atoms. The predicted molar refractivity (Wildman–Crippen MR) is 94.3 cm³/mol. The minimum absolute atomic E-state index is 0.142. The Morgan fingerprint density at radius 3 is 2.86 bits per heavy atom. The first-order valence-corrected chi connectivity index (χ1v) is 8.46. The lowest BCUT2D eigenvalue weighted by molar-refractivity contribution is -0.120. The highest BCUT2D eigenvalue weighted by Gasteiger charge is 2.51. The third-order valence-corrected chi connectivity index (χ3v) is 4.47. The summed E-state index contributed by atoms with van der Waals surface area (Å²) >= 11 is 0. The van der Waals surface area contributed by atoms with Gasteiger partial charge < -0.3 is 24.6 Å². The van der Waals surface area contributed by atoms with Crippen LogP contribution >= 0.6 is 0 Å². The van der Waals surface area contributed by atoms with Gasteiger partial charge in [0.15, 0.2) is 11.5 Å². The number of halogens is 2. The molecular weight excluding hydrogens is 376 g/mol. The first-order valence-electron chi connectivity index (χ1n) is 8.46. The van der Waals surface area contributed by atoms with Crippen LogP contribution in [0.15, 0.2) is 41.8 Å². The van der Waals surface area contributed by atoms with Crippen molar-refractivity contribution >= 4 is 11.5 Å². The summed E-state index contributed by atoms with van der Waals surface area (Å²) in [7, 11) is 0. The summed E-state index contributed by atoms with van der Waals surface area (Å²) in [5.41, 5.74) is 0.212. The topological polar surface area (TPSA) is 94.8 Å². The van der Waals surface area contributed by atoms with Crippen molar-refractivity contribution in [3.8, 4) is 11.5 Å². The maximum absolute atomic E-state index is 14.1. The average molecular weight is 393 g/mol. The number of nitrogens with zero attached hydrogens (tertiary/aromatic N) is 2. The number of rotatable bonds is 5. The zero-order valence-electron chi connectivity index (χ0n) is 14.6. The van der Waals surface area contributed by atoms with E-state index >= 15 is 0 Å². The zero-order chi connectivity index (χ0) is 19.9. The number of hydrogen-bond acceptors (Lipinski definition) is 7. The summed E-state index contributed by atoms with van der Waals surface area (Å²) in [4.78, 5) is 16.0. The SMILES string of the molecule is C=C(Nc1ccn(C2O[C@H](CO)CC2(F)F)c(=O)n1)c1ccc2c(c1)OCO2. The molecule has 10 heteroatoms. The third kappa shape index (κ3) is 3.32. The number of aromatic nitrogens is 2. The number of nitrogens with one attached hydrogen (secondary N) is 1. The van der Waals surface area contributed by atoms with Crippen molar-refractivity contribution in [1.82, 2.24) is 9.55 Å². The number of ether oxygens (including phenoxy) is 3. The number of fused-ring (bicyclic) bond motifs is 1. The molecule has 2 N–H and O–H groups in total. The second kappa shape index (κ2) is 6.88. The molecule has 2 atom stereocenters. The van der Waals surface area contributed by atoms with E-state index in [-0.39, 0.29) is 12.6 Å². The molecule has 0 amide bonds. The van der Waals surface area contributed by atoms with E-state index in [1.807, 2.05) is 0 Å². The van der Waals surface area contributed by atoms with Crippen LogP contribution in [0.3, 0.4) is 0 Å². The minimum atomic E-state index is -3.29. The summed E-state index contributed by atoms with van der Waals surface area (Å²) in [6.45, 7) is 3.48. The molecule has 1 aromatic carbocycles. The maximum atomic E-state index is 14.1. The maximum Gasteiger partial charge on any atom is 0.351 e. The van der Waals surface area contributed by atoms with Crippen LogP contribution in [0.5, 0.6) is 11.5 Å². The lowest BCUT2D eigenvalue weighted by Gasteiger charge is -2.20. The molecular formula is C18H17F2N3O5. The normalized spacial score (nSPS) is 22.2. The van der Waals surface area contributed by atoms with Crippen molar-refractivity contribution in [2.45, 2.75) is 24.7 Å². The average Bonchev–Trinajstić information content (AvgIpc) is 3.24. The Labute approximate surface area is 158 Å². The Hall–Kier alpha value is -2.98. The molecule has 8 nitrogen and oxygen atoms in total. The van der Waals surface area contributed by atoms with Gasteiger partial charge in [-0.1, -0.05) is 6.58 Å². The van der Waals surface area contributed by atoms with Gasteiger partial charge in [0, 0.05) is 23.9 Å². The Kier molecular flexibility index (Phi) is 4.52. The monoisotopic (exact) mass is 393 g/mol. The number of benzene rings is 1. The molecule has 1 unspecified atom stereocenters. The molecule has 0 spiro atoms. The van der Waals surface area contributed by atoms with Gasteiger partial charge in [-0.3, -0.25) is 4.57 Å². The van der Waals surface area contributed by atoms with E-state index in [1.54, 1.807) is 18.2 Å². The number of alkyl halides is 2. The molecule has 2 aromatic rings. The molecule has 4 rings (SSSR count). The van der Waals surface area contributed by atoms with E-state index in [0.29, 0.717) is 27.3 Å². The van der Waals surface area contributed by atoms with Crippen molar-refractivity contribution in [2.24, 2.45) is 0 Å². The Morgan fingerprint density at radius 1 is 1.36 bits per heavy atom. The Bertz CT molecular complexity index is 978. The number of aliphatic hydroxyl groups excluding tert-OH is 1. The van der Waals surface area contributed by atoms with Gasteiger partial charge in [0.05, 0.1) is 12.7 Å². The molecule has 148 valence electrons. The molecule has 0 bridgehead atoms. The van der Waals surface area contributed by atoms with Gasteiger partial charge in [-0.25, -0.2) is 13.6 Å². The van der Waals surface area contributed by atoms with Crippen molar-refractivity contribution in [3.05, 3.63) is 53.1 Å². The van der Waals surface area contributed by atoms with Gasteiger partial charge in [-0.05, 0) is 24.3 Å². The van der Waals surface area contributed by atoms with Gasteiger partial charge in [-0.15, -0.1) is 0 Å². The van der Waals surface area contributed by atoms with Crippen LogP contribution < -0.4 is 20.5 Å². The summed E-state index contributed by atoms with van der Waals surface area (Å²) in [5.74, 6) is -1.95. The molecule has 2 aliphatic heterocycles. The van der Waals surface area contributed by atoms with Crippen LogP contribution in [0, 0.1) is 0 Å². The lowest BCUT2D eigenvalue weighted by Crippen LogP contribution is -2.35. The highest BCUT2D eigenvalue weighted by atomic mass is 19.3. The van der Waals surface area contributed by atoms with Crippen LogP contribution in [0.2, 0.25) is 0 Å². The molecule has 3 heterocycles. The molecule has 1 aromatic heterocycles. The zero-order valence-corrected chi connectivity index (χ0v) is 14.6. The number of aliphatic hydroxyl groups is 1. The van der Waals surface area contributed by atoms with Gasteiger partial charge in [0.25, 0.3) is 5.92 Å². The smallest absolute Gasteiger partial charge is 0.351 e. The quantitative estimate of drug-likeness (QED) is 0.802. The fourth-order valence-corrected chi connectivity index (χ4v) is 3.08. The summed E-state index contributed by atoms with van der Waals surface area (Å²) in [6.07, 6.45) is -2.34.